The molecule has 0 unspecified atom stereocenters. The molecule has 1 aliphatic heterocycles. The highest BCUT2D eigenvalue weighted by molar-refractivity contribution is 5.99. The van der Waals surface area contributed by atoms with E-state index in [9.17, 15) is 9.59 Å². The molecule has 0 aliphatic carbocycles. The lowest BCUT2D eigenvalue weighted by Gasteiger charge is -2.23. The van der Waals surface area contributed by atoms with Gasteiger partial charge in [-0.25, -0.2) is 0 Å². The Morgan fingerprint density at radius 2 is 2.00 bits per heavy atom. The number of aryl methyl sites for hydroxylation is 1. The molecule has 6 heteroatoms. The Bertz CT molecular complexity index is 1000. The third kappa shape index (κ3) is 3.23. The van der Waals surface area contributed by atoms with Gasteiger partial charge in [0.15, 0.2) is 5.76 Å². The van der Waals surface area contributed by atoms with Crippen LogP contribution in [0.3, 0.4) is 0 Å². The molecule has 2 amide bonds. The summed E-state index contributed by atoms with van der Waals surface area (Å²) in [4.78, 5) is 27.0. The maximum absolute atomic E-state index is 13.3. The predicted octanol–water partition coefficient (Wildman–Crippen LogP) is 2.95. The van der Waals surface area contributed by atoms with Gasteiger partial charge in [0, 0.05) is 55.3 Å². The van der Waals surface area contributed by atoms with E-state index < -0.39 is 0 Å². The van der Waals surface area contributed by atoms with Crippen molar-refractivity contribution >= 4 is 22.8 Å². The zero-order valence-electron chi connectivity index (χ0n) is 15.6. The smallest absolute Gasteiger partial charge is 0.290 e. The highest BCUT2D eigenvalue weighted by Gasteiger charge is 2.29. The third-order valence-corrected chi connectivity index (χ3v) is 5.29. The molecule has 0 spiro atoms. The molecular weight excluding hydrogens is 342 g/mol. The lowest BCUT2D eigenvalue weighted by molar-refractivity contribution is -0.121. The molecule has 0 radical (unpaired) electrons. The van der Waals surface area contributed by atoms with E-state index in [1.807, 2.05) is 49.5 Å². The molecule has 0 bridgehead atoms. The topological polar surface area (TPSA) is 67.5 Å². The van der Waals surface area contributed by atoms with E-state index in [0.29, 0.717) is 25.3 Å². The summed E-state index contributed by atoms with van der Waals surface area (Å²) in [5.41, 5.74) is 2.65. The van der Waals surface area contributed by atoms with Gasteiger partial charge in [-0.15, -0.1) is 0 Å². The molecule has 3 aromatic rings. The Kier molecular flexibility index (Phi) is 4.48. The van der Waals surface area contributed by atoms with Crippen molar-refractivity contribution in [2.75, 3.05) is 13.6 Å². The van der Waals surface area contributed by atoms with Gasteiger partial charge in [0.25, 0.3) is 5.91 Å². The second-order valence-corrected chi connectivity index (χ2v) is 7.13. The minimum absolute atomic E-state index is 0.0112. The average Bonchev–Trinajstić information content (AvgIpc) is 3.20. The number of carbonyl (C=O) groups excluding carboxylic acids is 2. The van der Waals surface area contributed by atoms with E-state index >= 15 is 0 Å². The molecule has 27 heavy (non-hydrogen) atoms. The average molecular weight is 365 g/mol. The monoisotopic (exact) mass is 365 g/mol. The van der Waals surface area contributed by atoms with Crippen LogP contribution in [0.1, 0.15) is 28.2 Å². The van der Waals surface area contributed by atoms with E-state index in [0.717, 1.165) is 28.8 Å². The summed E-state index contributed by atoms with van der Waals surface area (Å²) >= 11 is 0. The Balaban J connectivity index is 1.67. The minimum Gasteiger partial charge on any atom is -0.451 e. The number of aromatic nitrogens is 1. The SMILES string of the molecule is CNC(=O)C[C@@H]1CN(C(=O)c2oc3ccccc3c2C)Cc2cccn2C1. The summed E-state index contributed by atoms with van der Waals surface area (Å²) in [5.74, 6) is 0.297. The highest BCUT2D eigenvalue weighted by atomic mass is 16.3. The Hall–Kier alpha value is -3.02. The van der Waals surface area contributed by atoms with E-state index in [1.54, 1.807) is 11.9 Å². The van der Waals surface area contributed by atoms with Gasteiger partial charge in [0.2, 0.25) is 5.91 Å². The molecule has 0 saturated carbocycles. The van der Waals surface area contributed by atoms with E-state index in [1.165, 1.54) is 0 Å². The van der Waals surface area contributed by atoms with Crippen LogP contribution in [-0.4, -0.2) is 34.9 Å². The Morgan fingerprint density at radius 1 is 1.19 bits per heavy atom. The number of benzene rings is 1. The largest absolute Gasteiger partial charge is 0.451 e. The number of fused-ring (bicyclic) bond motifs is 2. The van der Waals surface area contributed by atoms with Crippen LogP contribution < -0.4 is 5.32 Å². The number of furan rings is 1. The molecule has 0 saturated heterocycles. The first kappa shape index (κ1) is 17.4. The van der Waals surface area contributed by atoms with Crippen molar-refractivity contribution in [3.05, 3.63) is 59.6 Å². The second kappa shape index (κ2) is 6.95. The van der Waals surface area contributed by atoms with Crippen molar-refractivity contribution in [1.82, 2.24) is 14.8 Å². The first-order valence-electron chi connectivity index (χ1n) is 9.19. The number of carbonyl (C=O) groups is 2. The minimum atomic E-state index is -0.125. The van der Waals surface area contributed by atoms with Crippen molar-refractivity contribution < 1.29 is 14.0 Å². The standard InChI is InChI=1S/C21H23N3O3/c1-14-17-7-3-4-8-18(17)27-20(14)21(26)24-12-15(10-19(25)22-2)11-23-9-5-6-16(23)13-24/h3-9,15H,10-13H2,1-2H3,(H,22,25)/t15-/m0/s1. The number of rotatable bonds is 3. The van der Waals surface area contributed by atoms with Crippen molar-refractivity contribution in [2.24, 2.45) is 5.92 Å². The fraction of sp³-hybridized carbons (Fsp3) is 0.333. The summed E-state index contributed by atoms with van der Waals surface area (Å²) in [7, 11) is 1.64. The Morgan fingerprint density at radius 3 is 2.78 bits per heavy atom. The fourth-order valence-electron chi connectivity index (χ4n) is 3.85. The lowest BCUT2D eigenvalue weighted by Crippen LogP contribution is -2.35. The summed E-state index contributed by atoms with van der Waals surface area (Å²) in [5, 5.41) is 3.64. The summed E-state index contributed by atoms with van der Waals surface area (Å²) in [6.07, 6.45) is 2.39. The highest BCUT2D eigenvalue weighted by Crippen LogP contribution is 2.28. The normalized spacial score (nSPS) is 16.8. The maximum atomic E-state index is 13.3. The van der Waals surface area contributed by atoms with Crippen LogP contribution in [0.2, 0.25) is 0 Å². The van der Waals surface area contributed by atoms with Crippen LogP contribution in [0, 0.1) is 12.8 Å². The van der Waals surface area contributed by atoms with E-state index in [4.69, 9.17) is 4.42 Å². The van der Waals surface area contributed by atoms with Crippen LogP contribution in [0.4, 0.5) is 0 Å². The van der Waals surface area contributed by atoms with Gasteiger partial charge < -0.3 is 19.2 Å². The van der Waals surface area contributed by atoms with Gasteiger partial charge in [-0.3, -0.25) is 9.59 Å². The summed E-state index contributed by atoms with van der Waals surface area (Å²) in [6, 6.07) is 11.7. The quantitative estimate of drug-likeness (QED) is 0.776. The van der Waals surface area contributed by atoms with Gasteiger partial charge in [-0.05, 0) is 25.1 Å². The van der Waals surface area contributed by atoms with Gasteiger partial charge in [-0.1, -0.05) is 18.2 Å². The number of para-hydroxylation sites is 1. The number of nitrogens with one attached hydrogen (secondary N) is 1. The predicted molar refractivity (Wildman–Crippen MR) is 102 cm³/mol. The summed E-state index contributed by atoms with van der Waals surface area (Å²) < 4.78 is 8.02. The number of amides is 2. The molecule has 3 heterocycles. The molecule has 0 fully saturated rings. The molecular formula is C21H23N3O3. The van der Waals surface area contributed by atoms with Crippen LogP contribution in [0.5, 0.6) is 0 Å². The first-order chi connectivity index (χ1) is 13.1. The van der Waals surface area contributed by atoms with E-state index in [-0.39, 0.29) is 17.7 Å². The van der Waals surface area contributed by atoms with Crippen molar-refractivity contribution in [3.63, 3.8) is 0 Å². The van der Waals surface area contributed by atoms with Gasteiger partial charge >= 0.3 is 0 Å². The zero-order chi connectivity index (χ0) is 19.0. The molecule has 1 aromatic carbocycles. The van der Waals surface area contributed by atoms with Gasteiger partial charge in [-0.2, -0.15) is 0 Å². The molecule has 6 nitrogen and oxygen atoms in total. The van der Waals surface area contributed by atoms with Crippen LogP contribution in [0.25, 0.3) is 11.0 Å². The Labute approximate surface area is 157 Å². The molecule has 1 aliphatic rings. The summed E-state index contributed by atoms with van der Waals surface area (Å²) in [6.45, 7) is 3.66. The third-order valence-electron chi connectivity index (χ3n) is 5.29. The zero-order valence-corrected chi connectivity index (χ0v) is 15.6. The first-order valence-corrected chi connectivity index (χ1v) is 9.19. The second-order valence-electron chi connectivity index (χ2n) is 7.13. The van der Waals surface area contributed by atoms with Crippen molar-refractivity contribution in [2.45, 2.75) is 26.4 Å². The van der Waals surface area contributed by atoms with Crippen molar-refractivity contribution in [3.8, 4) is 0 Å². The number of hydrogen-bond acceptors (Lipinski definition) is 3. The van der Waals surface area contributed by atoms with Gasteiger partial charge in [0.1, 0.15) is 5.58 Å². The molecule has 4 rings (SSSR count). The fourth-order valence-corrected chi connectivity index (χ4v) is 3.85. The molecule has 1 atom stereocenters. The molecule has 1 N–H and O–H groups in total. The molecule has 140 valence electrons. The van der Waals surface area contributed by atoms with Crippen LogP contribution in [0.15, 0.2) is 47.0 Å². The number of nitrogens with zero attached hydrogens (tertiary/aromatic N) is 2. The maximum Gasteiger partial charge on any atom is 0.290 e. The van der Waals surface area contributed by atoms with Crippen LogP contribution >= 0.6 is 0 Å². The van der Waals surface area contributed by atoms with E-state index in [2.05, 4.69) is 9.88 Å². The number of hydrogen-bond donors (Lipinski definition) is 1. The molecule has 2 aromatic heterocycles. The van der Waals surface area contributed by atoms with Crippen LogP contribution in [-0.2, 0) is 17.9 Å². The lowest BCUT2D eigenvalue weighted by atomic mass is 10.0. The van der Waals surface area contributed by atoms with Gasteiger partial charge in [0.05, 0.1) is 6.54 Å². The van der Waals surface area contributed by atoms with Crippen molar-refractivity contribution in [1.29, 1.82) is 0 Å².